The lowest BCUT2D eigenvalue weighted by molar-refractivity contribution is -0.119. The fourth-order valence-electron chi connectivity index (χ4n) is 1.81. The van der Waals surface area contributed by atoms with Crippen LogP contribution in [0.4, 0.5) is 5.69 Å². The van der Waals surface area contributed by atoms with Gasteiger partial charge >= 0.3 is 0 Å². The Morgan fingerprint density at radius 1 is 1.24 bits per heavy atom. The molecular weight excluding hydrogens is 270 g/mol. The summed E-state index contributed by atoms with van der Waals surface area (Å²) in [6, 6.07) is 4.70. The molecule has 0 aliphatic heterocycles. The van der Waals surface area contributed by atoms with E-state index in [0.717, 1.165) is 19.3 Å². The van der Waals surface area contributed by atoms with Crippen LogP contribution < -0.4 is 21.5 Å². The maximum atomic E-state index is 12.0. The van der Waals surface area contributed by atoms with E-state index in [0.29, 0.717) is 17.8 Å². The van der Waals surface area contributed by atoms with Crippen molar-refractivity contribution in [2.45, 2.75) is 32.6 Å². The Balaban J connectivity index is 2.55. The van der Waals surface area contributed by atoms with E-state index in [1.807, 2.05) is 0 Å². The van der Waals surface area contributed by atoms with Gasteiger partial charge < -0.3 is 21.5 Å². The lowest BCUT2D eigenvalue weighted by atomic mass is 10.1. The Morgan fingerprint density at radius 3 is 2.67 bits per heavy atom. The highest BCUT2D eigenvalue weighted by Gasteiger charge is 2.09. The molecule has 0 saturated heterocycles. The SMILES string of the molecule is CCCCCCNC(=O)c1ccc(N)c(OCC(N)=O)c1. The van der Waals surface area contributed by atoms with Gasteiger partial charge in [0.2, 0.25) is 0 Å². The zero-order chi connectivity index (χ0) is 15.7. The number of hydrogen-bond donors (Lipinski definition) is 3. The van der Waals surface area contributed by atoms with Crippen molar-refractivity contribution in [2.75, 3.05) is 18.9 Å². The van der Waals surface area contributed by atoms with Crippen molar-refractivity contribution in [3.63, 3.8) is 0 Å². The number of carbonyl (C=O) groups is 2. The van der Waals surface area contributed by atoms with Gasteiger partial charge in [0.05, 0.1) is 5.69 Å². The molecule has 1 aromatic carbocycles. The first kappa shape index (κ1) is 16.8. The van der Waals surface area contributed by atoms with Gasteiger partial charge in [0.1, 0.15) is 5.75 Å². The molecule has 0 saturated carbocycles. The number of unbranched alkanes of at least 4 members (excludes halogenated alkanes) is 3. The summed E-state index contributed by atoms with van der Waals surface area (Å²) in [5.41, 5.74) is 11.5. The summed E-state index contributed by atoms with van der Waals surface area (Å²) in [4.78, 5) is 22.7. The minimum absolute atomic E-state index is 0.185. The van der Waals surface area contributed by atoms with E-state index < -0.39 is 5.91 Å². The number of carbonyl (C=O) groups excluding carboxylic acids is 2. The first-order valence-electron chi connectivity index (χ1n) is 7.13. The van der Waals surface area contributed by atoms with Gasteiger partial charge in [0, 0.05) is 12.1 Å². The first-order chi connectivity index (χ1) is 10.0. The standard InChI is InChI=1S/C15H23N3O3/c1-2-3-4-5-8-18-15(20)11-6-7-12(16)13(9-11)21-10-14(17)19/h6-7,9H,2-5,8,10,16H2,1H3,(H2,17,19)(H,18,20). The molecule has 6 nitrogen and oxygen atoms in total. The number of nitrogens with one attached hydrogen (secondary N) is 1. The van der Waals surface area contributed by atoms with E-state index in [4.69, 9.17) is 16.2 Å². The van der Waals surface area contributed by atoms with Gasteiger partial charge in [-0.15, -0.1) is 0 Å². The monoisotopic (exact) mass is 293 g/mol. The second kappa shape index (κ2) is 8.84. The molecule has 0 heterocycles. The topological polar surface area (TPSA) is 107 Å². The second-order valence-electron chi connectivity index (χ2n) is 4.82. The van der Waals surface area contributed by atoms with Crippen molar-refractivity contribution in [1.82, 2.24) is 5.32 Å². The first-order valence-corrected chi connectivity index (χ1v) is 7.13. The molecule has 5 N–H and O–H groups in total. The number of anilines is 1. The molecule has 6 heteroatoms. The summed E-state index contributed by atoms with van der Waals surface area (Å²) in [6.45, 7) is 2.51. The smallest absolute Gasteiger partial charge is 0.255 e. The maximum Gasteiger partial charge on any atom is 0.255 e. The Kier molecular flexibility index (Phi) is 7.08. The van der Waals surface area contributed by atoms with Crippen LogP contribution in [-0.4, -0.2) is 25.0 Å². The molecule has 0 atom stereocenters. The maximum absolute atomic E-state index is 12.0. The van der Waals surface area contributed by atoms with E-state index in [1.165, 1.54) is 12.5 Å². The van der Waals surface area contributed by atoms with Gasteiger partial charge in [-0.3, -0.25) is 9.59 Å². The molecule has 1 aromatic rings. The molecule has 2 amide bonds. The van der Waals surface area contributed by atoms with Crippen LogP contribution in [0.1, 0.15) is 43.0 Å². The van der Waals surface area contributed by atoms with Crippen LogP contribution in [0.15, 0.2) is 18.2 Å². The summed E-state index contributed by atoms with van der Waals surface area (Å²) >= 11 is 0. The predicted octanol–water partition coefficient (Wildman–Crippen LogP) is 1.44. The molecule has 0 radical (unpaired) electrons. The van der Waals surface area contributed by atoms with Crippen molar-refractivity contribution < 1.29 is 14.3 Å². The molecule has 21 heavy (non-hydrogen) atoms. The zero-order valence-electron chi connectivity index (χ0n) is 12.4. The van der Waals surface area contributed by atoms with Crippen LogP contribution >= 0.6 is 0 Å². The summed E-state index contributed by atoms with van der Waals surface area (Å²) in [5, 5.41) is 2.84. The molecule has 0 bridgehead atoms. The zero-order valence-corrected chi connectivity index (χ0v) is 12.4. The molecule has 0 unspecified atom stereocenters. The van der Waals surface area contributed by atoms with Crippen LogP contribution in [0.25, 0.3) is 0 Å². The Hall–Kier alpha value is -2.24. The summed E-state index contributed by atoms with van der Waals surface area (Å²) < 4.78 is 5.17. The fourth-order valence-corrected chi connectivity index (χ4v) is 1.81. The van der Waals surface area contributed by atoms with E-state index in [1.54, 1.807) is 12.1 Å². The van der Waals surface area contributed by atoms with Crippen molar-refractivity contribution >= 4 is 17.5 Å². The third-order valence-electron chi connectivity index (χ3n) is 2.96. The van der Waals surface area contributed by atoms with Crippen LogP contribution in [0.5, 0.6) is 5.75 Å². The normalized spacial score (nSPS) is 10.1. The number of amides is 2. The van der Waals surface area contributed by atoms with Gasteiger partial charge in [-0.2, -0.15) is 0 Å². The van der Waals surface area contributed by atoms with E-state index in [9.17, 15) is 9.59 Å². The highest BCUT2D eigenvalue weighted by atomic mass is 16.5. The van der Waals surface area contributed by atoms with E-state index >= 15 is 0 Å². The number of benzene rings is 1. The minimum atomic E-state index is -0.597. The summed E-state index contributed by atoms with van der Waals surface area (Å²) in [7, 11) is 0. The Morgan fingerprint density at radius 2 is 2.00 bits per heavy atom. The molecule has 0 aromatic heterocycles. The summed E-state index contributed by atoms with van der Waals surface area (Å²) in [5.74, 6) is -0.497. The van der Waals surface area contributed by atoms with Crippen molar-refractivity contribution in [2.24, 2.45) is 5.73 Å². The lowest BCUT2D eigenvalue weighted by Crippen LogP contribution is -2.25. The average molecular weight is 293 g/mol. The van der Waals surface area contributed by atoms with Gasteiger partial charge in [-0.05, 0) is 24.6 Å². The van der Waals surface area contributed by atoms with Gasteiger partial charge in [0.25, 0.3) is 11.8 Å². The molecule has 0 aliphatic carbocycles. The van der Waals surface area contributed by atoms with Gasteiger partial charge in [-0.25, -0.2) is 0 Å². The highest BCUT2D eigenvalue weighted by Crippen LogP contribution is 2.22. The largest absolute Gasteiger partial charge is 0.482 e. The second-order valence-corrected chi connectivity index (χ2v) is 4.82. The van der Waals surface area contributed by atoms with Crippen molar-refractivity contribution in [3.05, 3.63) is 23.8 Å². The van der Waals surface area contributed by atoms with Crippen LogP contribution in [0.3, 0.4) is 0 Å². The van der Waals surface area contributed by atoms with Crippen LogP contribution in [0.2, 0.25) is 0 Å². The van der Waals surface area contributed by atoms with E-state index in [-0.39, 0.29) is 18.3 Å². The Bertz CT molecular complexity index is 489. The van der Waals surface area contributed by atoms with Crippen LogP contribution in [-0.2, 0) is 4.79 Å². The Labute approximate surface area is 124 Å². The molecule has 1 rings (SSSR count). The van der Waals surface area contributed by atoms with Gasteiger partial charge in [0.15, 0.2) is 6.61 Å². The average Bonchev–Trinajstić information content (AvgIpc) is 2.45. The van der Waals surface area contributed by atoms with E-state index in [2.05, 4.69) is 12.2 Å². The number of nitrogens with two attached hydrogens (primary N) is 2. The summed E-state index contributed by atoms with van der Waals surface area (Å²) in [6.07, 6.45) is 4.39. The fraction of sp³-hybridized carbons (Fsp3) is 0.467. The van der Waals surface area contributed by atoms with Crippen molar-refractivity contribution in [1.29, 1.82) is 0 Å². The predicted molar refractivity (Wildman–Crippen MR) is 82.0 cm³/mol. The molecule has 0 aliphatic rings. The number of hydrogen-bond acceptors (Lipinski definition) is 4. The third kappa shape index (κ3) is 6.16. The number of ether oxygens (including phenoxy) is 1. The number of rotatable bonds is 9. The molecule has 0 spiro atoms. The highest BCUT2D eigenvalue weighted by molar-refractivity contribution is 5.95. The lowest BCUT2D eigenvalue weighted by Gasteiger charge is -2.10. The molecule has 0 fully saturated rings. The number of primary amides is 1. The number of nitrogen functional groups attached to an aromatic ring is 1. The molecular formula is C15H23N3O3. The van der Waals surface area contributed by atoms with Crippen molar-refractivity contribution in [3.8, 4) is 5.75 Å². The van der Waals surface area contributed by atoms with Crippen LogP contribution in [0, 0.1) is 0 Å². The molecule has 116 valence electrons. The third-order valence-corrected chi connectivity index (χ3v) is 2.96. The van der Waals surface area contributed by atoms with Gasteiger partial charge in [-0.1, -0.05) is 26.2 Å². The quantitative estimate of drug-likeness (QED) is 0.473. The minimum Gasteiger partial charge on any atom is -0.482 e.